The third kappa shape index (κ3) is 2.71. The van der Waals surface area contributed by atoms with E-state index in [9.17, 15) is 0 Å². The van der Waals surface area contributed by atoms with Crippen molar-refractivity contribution in [2.75, 3.05) is 0 Å². The Hall–Kier alpha value is -2.02. The zero-order chi connectivity index (χ0) is 10.3. The van der Waals surface area contributed by atoms with Gasteiger partial charge < -0.3 is 4.42 Å². The van der Waals surface area contributed by atoms with E-state index in [2.05, 4.69) is 0 Å². The molecule has 0 atom stereocenters. The molecule has 15 heavy (non-hydrogen) atoms. The fourth-order valence-electron chi connectivity index (χ4n) is 1.29. The van der Waals surface area contributed by atoms with Gasteiger partial charge in [-0.1, -0.05) is 60.8 Å². The summed E-state index contributed by atoms with van der Waals surface area (Å²) in [6.07, 6.45) is 23.5. The predicted molar refractivity (Wildman–Crippen MR) is 64.2 cm³/mol. The molecule has 1 aliphatic rings. The lowest BCUT2D eigenvalue weighted by molar-refractivity contribution is 0.566. The minimum absolute atomic E-state index is 1.09. The second-order valence-corrected chi connectivity index (χ2v) is 3.16. The molecule has 1 heteroatoms. The van der Waals surface area contributed by atoms with E-state index in [1.54, 1.807) is 12.5 Å². The van der Waals surface area contributed by atoms with E-state index in [4.69, 9.17) is 4.42 Å². The van der Waals surface area contributed by atoms with Crippen molar-refractivity contribution in [3.05, 3.63) is 72.3 Å². The van der Waals surface area contributed by atoms with Gasteiger partial charge in [0.25, 0.3) is 0 Å². The van der Waals surface area contributed by atoms with Gasteiger partial charge >= 0.3 is 0 Å². The summed E-state index contributed by atoms with van der Waals surface area (Å²) in [5.74, 6) is 0. The minimum Gasteiger partial charge on any atom is -0.471 e. The molecule has 0 aliphatic heterocycles. The maximum Gasteiger partial charge on any atom is 0.0981 e. The molecule has 0 aromatic carbocycles. The lowest BCUT2D eigenvalue weighted by Crippen LogP contribution is -1.70. The van der Waals surface area contributed by atoms with Crippen LogP contribution in [0.25, 0.3) is 12.2 Å². The summed E-state index contributed by atoms with van der Waals surface area (Å²) in [7, 11) is 0. The quantitative estimate of drug-likeness (QED) is 0.611. The standard InChI is InChI=1S/C14H12O/c1-2-4-6-8-10-14-12-15-11-13(14)9-7-5-3-1/h1-12H/b2-1?,5-3+,6-4?,9-7+,10-8+. The van der Waals surface area contributed by atoms with Gasteiger partial charge in [-0.25, -0.2) is 0 Å². The van der Waals surface area contributed by atoms with Crippen LogP contribution in [-0.2, 0) is 0 Å². The topological polar surface area (TPSA) is 13.1 Å². The summed E-state index contributed by atoms with van der Waals surface area (Å²) in [6.45, 7) is 0. The van der Waals surface area contributed by atoms with Crippen molar-refractivity contribution in [2.45, 2.75) is 0 Å². The Morgan fingerprint density at radius 2 is 0.933 bits per heavy atom. The number of fused-ring (bicyclic) bond motifs is 1. The zero-order valence-corrected chi connectivity index (χ0v) is 8.34. The molecular weight excluding hydrogens is 184 g/mol. The second-order valence-electron chi connectivity index (χ2n) is 3.16. The van der Waals surface area contributed by atoms with E-state index in [1.165, 1.54) is 0 Å². The highest BCUT2D eigenvalue weighted by atomic mass is 16.3. The largest absolute Gasteiger partial charge is 0.471 e. The lowest BCUT2D eigenvalue weighted by Gasteiger charge is -1.88. The van der Waals surface area contributed by atoms with Crippen LogP contribution in [0, 0.1) is 0 Å². The number of rotatable bonds is 0. The maximum atomic E-state index is 5.16. The van der Waals surface area contributed by atoms with E-state index in [0.29, 0.717) is 0 Å². The molecule has 0 fully saturated rings. The Balaban J connectivity index is 2.34. The van der Waals surface area contributed by atoms with Crippen LogP contribution < -0.4 is 0 Å². The number of furan rings is 1. The second kappa shape index (κ2) is 5.01. The van der Waals surface area contributed by atoms with Crippen LogP contribution in [0.3, 0.4) is 0 Å². The molecule has 1 aromatic rings. The van der Waals surface area contributed by atoms with Crippen LogP contribution >= 0.6 is 0 Å². The van der Waals surface area contributed by atoms with Crippen LogP contribution in [0.1, 0.15) is 11.1 Å². The predicted octanol–water partition coefficient (Wildman–Crippen LogP) is 3.99. The molecule has 0 bridgehead atoms. The van der Waals surface area contributed by atoms with Gasteiger partial charge in [-0.2, -0.15) is 0 Å². The number of hydrogen-bond donors (Lipinski definition) is 0. The Morgan fingerprint density at radius 3 is 1.40 bits per heavy atom. The van der Waals surface area contributed by atoms with Crippen molar-refractivity contribution >= 4 is 12.2 Å². The summed E-state index contributed by atoms with van der Waals surface area (Å²) in [6, 6.07) is 0. The molecule has 1 aliphatic carbocycles. The first-order valence-electron chi connectivity index (χ1n) is 4.88. The Labute approximate surface area is 89.4 Å². The first-order chi connectivity index (χ1) is 7.47. The monoisotopic (exact) mass is 196 g/mol. The number of hydrogen-bond acceptors (Lipinski definition) is 1. The summed E-state index contributed by atoms with van der Waals surface area (Å²) in [4.78, 5) is 0. The molecule has 1 aromatic heterocycles. The molecule has 0 N–H and O–H groups in total. The zero-order valence-electron chi connectivity index (χ0n) is 8.34. The minimum atomic E-state index is 1.09. The van der Waals surface area contributed by atoms with E-state index < -0.39 is 0 Å². The Morgan fingerprint density at radius 1 is 0.533 bits per heavy atom. The van der Waals surface area contributed by atoms with Crippen LogP contribution in [-0.4, -0.2) is 0 Å². The van der Waals surface area contributed by atoms with E-state index in [1.807, 2.05) is 60.8 Å². The van der Waals surface area contributed by atoms with Gasteiger partial charge in [0.2, 0.25) is 0 Å². The molecular formula is C14H12O. The fraction of sp³-hybridized carbons (Fsp3) is 0. The average molecular weight is 196 g/mol. The Kier molecular flexibility index (Phi) is 3.18. The van der Waals surface area contributed by atoms with Gasteiger partial charge in [-0.15, -0.1) is 0 Å². The summed E-state index contributed by atoms with van der Waals surface area (Å²) >= 11 is 0. The molecule has 0 amide bonds. The molecule has 0 saturated heterocycles. The Bertz CT molecular complexity index is 413. The van der Waals surface area contributed by atoms with Crippen LogP contribution in [0.2, 0.25) is 0 Å². The van der Waals surface area contributed by atoms with Crippen molar-refractivity contribution in [2.24, 2.45) is 0 Å². The highest BCUT2D eigenvalue weighted by Crippen LogP contribution is 2.14. The summed E-state index contributed by atoms with van der Waals surface area (Å²) in [5, 5.41) is 0. The van der Waals surface area contributed by atoms with Crippen molar-refractivity contribution in [3.8, 4) is 0 Å². The molecule has 2 rings (SSSR count). The van der Waals surface area contributed by atoms with Gasteiger partial charge in [0.1, 0.15) is 0 Å². The highest BCUT2D eigenvalue weighted by molar-refractivity contribution is 5.65. The molecule has 0 unspecified atom stereocenters. The van der Waals surface area contributed by atoms with Crippen LogP contribution in [0.15, 0.2) is 65.6 Å². The molecule has 1 nitrogen and oxygen atoms in total. The van der Waals surface area contributed by atoms with E-state index in [-0.39, 0.29) is 0 Å². The third-order valence-corrected chi connectivity index (χ3v) is 2.05. The van der Waals surface area contributed by atoms with Crippen LogP contribution in [0.4, 0.5) is 0 Å². The van der Waals surface area contributed by atoms with Crippen LogP contribution in [0.5, 0.6) is 0 Å². The normalized spacial score (nSPS) is 21.1. The van der Waals surface area contributed by atoms with Crippen molar-refractivity contribution in [3.63, 3.8) is 0 Å². The molecule has 74 valence electrons. The van der Waals surface area contributed by atoms with Crippen molar-refractivity contribution in [1.82, 2.24) is 0 Å². The van der Waals surface area contributed by atoms with E-state index >= 15 is 0 Å². The third-order valence-electron chi connectivity index (χ3n) is 2.05. The molecule has 0 radical (unpaired) electrons. The average Bonchev–Trinajstić information content (AvgIpc) is 2.65. The van der Waals surface area contributed by atoms with Gasteiger partial charge in [-0.3, -0.25) is 0 Å². The maximum absolute atomic E-state index is 5.16. The first-order valence-corrected chi connectivity index (χ1v) is 4.88. The van der Waals surface area contributed by atoms with Gasteiger partial charge in [0, 0.05) is 11.1 Å². The first kappa shape index (κ1) is 9.53. The lowest BCUT2D eigenvalue weighted by atomic mass is 10.1. The van der Waals surface area contributed by atoms with Gasteiger partial charge in [-0.05, 0) is 0 Å². The SMILES string of the molecule is C1=C/C=C/C=C/c2cocc2/C=C/C=C1. The van der Waals surface area contributed by atoms with Gasteiger partial charge in [0.05, 0.1) is 12.5 Å². The summed E-state index contributed by atoms with van der Waals surface area (Å²) in [5.41, 5.74) is 2.18. The van der Waals surface area contributed by atoms with Crippen molar-refractivity contribution < 1.29 is 4.42 Å². The molecule has 0 saturated carbocycles. The number of allylic oxidation sites excluding steroid dienone is 8. The fourth-order valence-corrected chi connectivity index (χ4v) is 1.29. The van der Waals surface area contributed by atoms with Gasteiger partial charge in [0.15, 0.2) is 0 Å². The molecule has 0 spiro atoms. The summed E-state index contributed by atoms with van der Waals surface area (Å²) < 4.78 is 5.16. The smallest absolute Gasteiger partial charge is 0.0981 e. The van der Waals surface area contributed by atoms with E-state index in [0.717, 1.165) is 11.1 Å². The van der Waals surface area contributed by atoms with Crippen molar-refractivity contribution in [1.29, 1.82) is 0 Å². The molecule has 1 heterocycles. The highest BCUT2D eigenvalue weighted by Gasteiger charge is 1.96.